The molecule has 7 nitrogen and oxygen atoms in total. The predicted molar refractivity (Wildman–Crippen MR) is 131 cm³/mol. The third-order valence-corrected chi connectivity index (χ3v) is 6.12. The Kier molecular flexibility index (Phi) is 8.16. The van der Waals surface area contributed by atoms with Crippen LogP contribution in [0.2, 0.25) is 0 Å². The van der Waals surface area contributed by atoms with Crippen molar-refractivity contribution in [3.05, 3.63) is 58.5 Å². The molecule has 174 valence electrons. The summed E-state index contributed by atoms with van der Waals surface area (Å²) in [5, 5.41) is 2.24. The van der Waals surface area contributed by atoms with E-state index in [1.165, 1.54) is 0 Å². The van der Waals surface area contributed by atoms with E-state index in [2.05, 4.69) is 5.32 Å². The molecule has 0 spiro atoms. The van der Waals surface area contributed by atoms with E-state index in [4.69, 9.17) is 9.47 Å². The van der Waals surface area contributed by atoms with E-state index in [-0.39, 0.29) is 17.6 Å². The van der Waals surface area contributed by atoms with Gasteiger partial charge in [0.2, 0.25) is 5.91 Å². The summed E-state index contributed by atoms with van der Waals surface area (Å²) in [7, 11) is 1.55. The fourth-order valence-corrected chi connectivity index (χ4v) is 3.97. The van der Waals surface area contributed by atoms with Crippen molar-refractivity contribution in [2.75, 3.05) is 19.0 Å². The largest absolute Gasteiger partial charge is 0.493 e. The van der Waals surface area contributed by atoms with Gasteiger partial charge in [-0.25, -0.2) is 0 Å². The standard InChI is InChI=1S/C25H28N2O5S/c1-5-16(3)32-20-12-9-18(13-21(20)31-4)14-22-24(29)27(25(30)33-22)15-23(28)26-19-10-7-17(6-2)8-11-19/h7-14,16H,5-6,15H2,1-4H3,(H,26,28)/b22-14-/t16-/m1/s1. The Balaban J connectivity index is 1.69. The van der Waals surface area contributed by atoms with Crippen LogP contribution in [-0.2, 0) is 16.0 Å². The summed E-state index contributed by atoms with van der Waals surface area (Å²) in [4.78, 5) is 38.8. The SMILES string of the molecule is CCc1ccc(NC(=O)CN2C(=O)S/C(=C\c3ccc(O[C@H](C)CC)c(OC)c3)C2=O)cc1. The highest BCUT2D eigenvalue weighted by Crippen LogP contribution is 2.35. The number of nitrogens with zero attached hydrogens (tertiary/aromatic N) is 1. The Hall–Kier alpha value is -3.26. The smallest absolute Gasteiger partial charge is 0.294 e. The molecule has 0 saturated carbocycles. The molecule has 2 aromatic carbocycles. The number of aryl methyl sites for hydroxylation is 1. The van der Waals surface area contributed by atoms with E-state index in [0.717, 1.165) is 35.1 Å². The van der Waals surface area contributed by atoms with Crippen LogP contribution in [0.25, 0.3) is 6.08 Å². The van der Waals surface area contributed by atoms with E-state index in [9.17, 15) is 14.4 Å². The van der Waals surface area contributed by atoms with E-state index < -0.39 is 17.1 Å². The van der Waals surface area contributed by atoms with E-state index in [0.29, 0.717) is 22.7 Å². The first-order chi connectivity index (χ1) is 15.8. The van der Waals surface area contributed by atoms with Gasteiger partial charge < -0.3 is 14.8 Å². The maximum atomic E-state index is 12.8. The number of benzene rings is 2. The Morgan fingerprint density at radius 1 is 1.12 bits per heavy atom. The van der Waals surface area contributed by atoms with E-state index in [1.807, 2.05) is 32.9 Å². The maximum Gasteiger partial charge on any atom is 0.294 e. The number of methoxy groups -OCH3 is 1. The number of rotatable bonds is 9. The summed E-state index contributed by atoms with van der Waals surface area (Å²) in [6, 6.07) is 12.8. The highest BCUT2D eigenvalue weighted by atomic mass is 32.2. The zero-order valence-electron chi connectivity index (χ0n) is 19.2. The normalized spacial score (nSPS) is 15.6. The van der Waals surface area contributed by atoms with Crippen LogP contribution >= 0.6 is 11.8 Å². The molecule has 1 fully saturated rings. The van der Waals surface area contributed by atoms with Crippen molar-refractivity contribution in [3.63, 3.8) is 0 Å². The van der Waals surface area contributed by atoms with Gasteiger partial charge in [-0.1, -0.05) is 32.0 Å². The first-order valence-corrected chi connectivity index (χ1v) is 11.6. The lowest BCUT2D eigenvalue weighted by Crippen LogP contribution is -2.36. The monoisotopic (exact) mass is 468 g/mol. The minimum atomic E-state index is -0.500. The van der Waals surface area contributed by atoms with Crippen LogP contribution in [0.15, 0.2) is 47.4 Å². The molecule has 0 radical (unpaired) electrons. The maximum absolute atomic E-state index is 12.8. The van der Waals surface area contributed by atoms with Gasteiger partial charge in [0.25, 0.3) is 11.1 Å². The molecule has 3 amide bonds. The van der Waals surface area contributed by atoms with Crippen molar-refractivity contribution in [2.45, 2.75) is 39.7 Å². The molecule has 0 unspecified atom stereocenters. The van der Waals surface area contributed by atoms with Crippen LogP contribution in [0, 0.1) is 0 Å². The molecule has 1 aliphatic rings. The van der Waals surface area contributed by atoms with Crippen molar-refractivity contribution in [3.8, 4) is 11.5 Å². The number of amides is 3. The molecule has 1 atom stereocenters. The lowest BCUT2D eigenvalue weighted by molar-refractivity contribution is -0.127. The van der Waals surface area contributed by atoms with Crippen molar-refractivity contribution in [2.24, 2.45) is 0 Å². The molecule has 0 aliphatic carbocycles. The first kappa shape index (κ1) is 24.4. The summed E-state index contributed by atoms with van der Waals surface area (Å²) < 4.78 is 11.3. The molecule has 3 rings (SSSR count). The lowest BCUT2D eigenvalue weighted by atomic mass is 10.1. The molecule has 1 heterocycles. The second kappa shape index (κ2) is 11.0. The number of hydrogen-bond donors (Lipinski definition) is 1. The predicted octanol–water partition coefficient (Wildman–Crippen LogP) is 5.11. The molecule has 1 N–H and O–H groups in total. The van der Waals surface area contributed by atoms with Crippen molar-refractivity contribution < 1.29 is 23.9 Å². The quantitative estimate of drug-likeness (QED) is 0.515. The van der Waals surface area contributed by atoms with Gasteiger partial charge in [0.15, 0.2) is 11.5 Å². The third kappa shape index (κ3) is 6.16. The van der Waals surface area contributed by atoms with Crippen LogP contribution < -0.4 is 14.8 Å². The van der Waals surface area contributed by atoms with Gasteiger partial charge in [-0.3, -0.25) is 19.3 Å². The first-order valence-electron chi connectivity index (χ1n) is 10.8. The van der Waals surface area contributed by atoms with Crippen LogP contribution in [-0.4, -0.2) is 41.7 Å². The summed E-state index contributed by atoms with van der Waals surface area (Å²) in [6.45, 7) is 5.71. The topological polar surface area (TPSA) is 84.9 Å². The van der Waals surface area contributed by atoms with Gasteiger partial charge in [0.1, 0.15) is 6.54 Å². The second-order valence-electron chi connectivity index (χ2n) is 7.61. The molecule has 1 aliphatic heterocycles. The Bertz CT molecular complexity index is 1060. The van der Waals surface area contributed by atoms with Gasteiger partial charge in [0, 0.05) is 5.69 Å². The summed E-state index contributed by atoms with van der Waals surface area (Å²) in [5.74, 6) is 0.217. The highest BCUT2D eigenvalue weighted by molar-refractivity contribution is 8.18. The zero-order chi connectivity index (χ0) is 24.0. The molecular weight excluding hydrogens is 440 g/mol. The second-order valence-corrected chi connectivity index (χ2v) is 8.61. The number of anilines is 1. The fraction of sp³-hybridized carbons (Fsp3) is 0.320. The molecule has 2 aromatic rings. The number of imide groups is 1. The Morgan fingerprint density at radius 3 is 2.48 bits per heavy atom. The molecule has 1 saturated heterocycles. The van der Waals surface area contributed by atoms with Crippen LogP contribution in [0.1, 0.15) is 38.3 Å². The molecule has 8 heteroatoms. The van der Waals surface area contributed by atoms with Crippen LogP contribution in [0.5, 0.6) is 11.5 Å². The number of ether oxygens (including phenoxy) is 2. The van der Waals surface area contributed by atoms with Crippen molar-refractivity contribution in [1.82, 2.24) is 4.90 Å². The number of carbonyl (C=O) groups excluding carboxylic acids is 3. The van der Waals surface area contributed by atoms with Crippen LogP contribution in [0.3, 0.4) is 0 Å². The zero-order valence-corrected chi connectivity index (χ0v) is 20.0. The Morgan fingerprint density at radius 2 is 1.85 bits per heavy atom. The number of carbonyl (C=O) groups is 3. The van der Waals surface area contributed by atoms with E-state index >= 15 is 0 Å². The highest BCUT2D eigenvalue weighted by Gasteiger charge is 2.36. The van der Waals surface area contributed by atoms with Gasteiger partial charge in [-0.05, 0) is 73.0 Å². The summed E-state index contributed by atoms with van der Waals surface area (Å²) in [5.41, 5.74) is 2.46. The summed E-state index contributed by atoms with van der Waals surface area (Å²) in [6.07, 6.45) is 3.41. The molecular formula is C25H28N2O5S. The summed E-state index contributed by atoms with van der Waals surface area (Å²) >= 11 is 0.808. The average Bonchev–Trinajstić information content (AvgIpc) is 3.07. The van der Waals surface area contributed by atoms with Crippen molar-refractivity contribution >= 4 is 40.6 Å². The number of nitrogens with one attached hydrogen (secondary N) is 1. The molecule has 0 bridgehead atoms. The van der Waals surface area contributed by atoms with Crippen LogP contribution in [0.4, 0.5) is 10.5 Å². The molecule has 33 heavy (non-hydrogen) atoms. The van der Waals surface area contributed by atoms with E-state index in [1.54, 1.807) is 43.5 Å². The minimum Gasteiger partial charge on any atom is -0.493 e. The lowest BCUT2D eigenvalue weighted by Gasteiger charge is -2.15. The number of thioether (sulfide) groups is 1. The average molecular weight is 469 g/mol. The third-order valence-electron chi connectivity index (χ3n) is 5.21. The molecule has 0 aromatic heterocycles. The van der Waals surface area contributed by atoms with Gasteiger partial charge >= 0.3 is 0 Å². The number of hydrogen-bond acceptors (Lipinski definition) is 6. The van der Waals surface area contributed by atoms with Gasteiger partial charge in [0.05, 0.1) is 18.1 Å². The minimum absolute atomic E-state index is 0.0389. The Labute approximate surface area is 198 Å². The van der Waals surface area contributed by atoms with Gasteiger partial charge in [-0.15, -0.1) is 0 Å². The van der Waals surface area contributed by atoms with Gasteiger partial charge in [-0.2, -0.15) is 0 Å². The fourth-order valence-electron chi connectivity index (χ4n) is 3.13. The van der Waals surface area contributed by atoms with Crippen molar-refractivity contribution in [1.29, 1.82) is 0 Å².